The Hall–Kier alpha value is -2.93. The monoisotopic (exact) mass is 370 g/mol. The number of hydrogen-bond acceptors (Lipinski definition) is 3. The van der Waals surface area contributed by atoms with Crippen LogP contribution >= 0.6 is 0 Å². The van der Waals surface area contributed by atoms with Crippen molar-refractivity contribution in [2.45, 2.75) is 13.1 Å². The van der Waals surface area contributed by atoms with Crippen LogP contribution in [-0.4, -0.2) is 48.4 Å². The first-order chi connectivity index (χ1) is 13.0. The zero-order chi connectivity index (χ0) is 19.2. The van der Waals surface area contributed by atoms with Crippen LogP contribution in [0.1, 0.15) is 11.1 Å². The topological polar surface area (TPSA) is 64.7 Å². The molecule has 1 fully saturated rings. The molecule has 0 atom stereocenters. The van der Waals surface area contributed by atoms with Crippen molar-refractivity contribution in [1.29, 1.82) is 0 Å². The Morgan fingerprint density at radius 1 is 1.04 bits per heavy atom. The average molecular weight is 370 g/mol. The number of anilines is 1. The molecule has 2 aromatic carbocycles. The molecule has 3 amide bonds. The summed E-state index contributed by atoms with van der Waals surface area (Å²) >= 11 is 0. The van der Waals surface area contributed by atoms with Gasteiger partial charge in [-0.1, -0.05) is 24.3 Å². The summed E-state index contributed by atoms with van der Waals surface area (Å²) in [7, 11) is 1.94. The van der Waals surface area contributed by atoms with Crippen LogP contribution in [0.5, 0.6) is 0 Å². The molecule has 1 saturated heterocycles. The summed E-state index contributed by atoms with van der Waals surface area (Å²) in [6.07, 6.45) is 0. The van der Waals surface area contributed by atoms with Crippen molar-refractivity contribution in [3.05, 3.63) is 65.5 Å². The number of piperazine rings is 1. The van der Waals surface area contributed by atoms with E-state index >= 15 is 0 Å². The number of nitrogens with zero attached hydrogens (tertiary/aromatic N) is 2. The average Bonchev–Trinajstić information content (AvgIpc) is 2.65. The first-order valence-electron chi connectivity index (χ1n) is 8.84. The maximum absolute atomic E-state index is 12.9. The first-order valence-corrected chi connectivity index (χ1v) is 8.84. The number of hydrogen-bond donors (Lipinski definition) is 2. The molecule has 0 bridgehead atoms. The van der Waals surface area contributed by atoms with Gasteiger partial charge < -0.3 is 15.5 Å². The van der Waals surface area contributed by atoms with Crippen LogP contribution in [0.25, 0.3) is 0 Å². The van der Waals surface area contributed by atoms with Gasteiger partial charge in [0.2, 0.25) is 5.91 Å². The van der Waals surface area contributed by atoms with Gasteiger partial charge >= 0.3 is 6.03 Å². The summed E-state index contributed by atoms with van der Waals surface area (Å²) in [6, 6.07) is 13.1. The molecule has 6 nitrogen and oxygen atoms in total. The normalized spacial score (nSPS) is 14.9. The largest absolute Gasteiger partial charge is 0.336 e. The van der Waals surface area contributed by atoms with Crippen LogP contribution in [0.2, 0.25) is 0 Å². The van der Waals surface area contributed by atoms with Gasteiger partial charge in [0.1, 0.15) is 5.82 Å². The lowest BCUT2D eigenvalue weighted by atomic mass is 10.1. The first kappa shape index (κ1) is 18.8. The zero-order valence-electron chi connectivity index (χ0n) is 15.2. The van der Waals surface area contributed by atoms with Crippen molar-refractivity contribution < 1.29 is 14.0 Å². The molecule has 0 aliphatic carbocycles. The SMILES string of the molecule is CN1CCN(Cc2ccc(NC(=O)NCc3ccc(F)cc3)cc2)C(=O)C1. The Kier molecular flexibility index (Phi) is 6.03. The van der Waals surface area contributed by atoms with Crippen molar-refractivity contribution in [1.82, 2.24) is 15.1 Å². The summed E-state index contributed by atoms with van der Waals surface area (Å²) in [4.78, 5) is 27.9. The summed E-state index contributed by atoms with van der Waals surface area (Å²) < 4.78 is 12.9. The molecule has 0 radical (unpaired) electrons. The fourth-order valence-corrected chi connectivity index (χ4v) is 2.87. The van der Waals surface area contributed by atoms with Gasteiger partial charge in [0.25, 0.3) is 0 Å². The van der Waals surface area contributed by atoms with Gasteiger partial charge in [0.15, 0.2) is 0 Å². The molecule has 7 heteroatoms. The molecule has 1 aliphatic heterocycles. The lowest BCUT2D eigenvalue weighted by molar-refractivity contribution is -0.136. The van der Waals surface area contributed by atoms with E-state index < -0.39 is 0 Å². The van der Waals surface area contributed by atoms with Crippen LogP contribution in [0.3, 0.4) is 0 Å². The van der Waals surface area contributed by atoms with Crippen LogP contribution in [0.4, 0.5) is 14.9 Å². The van der Waals surface area contributed by atoms with Crippen molar-refractivity contribution in [3.8, 4) is 0 Å². The van der Waals surface area contributed by atoms with Gasteiger partial charge in [-0.2, -0.15) is 0 Å². The second-order valence-electron chi connectivity index (χ2n) is 6.68. The number of rotatable bonds is 5. The van der Waals surface area contributed by atoms with Crippen molar-refractivity contribution in [2.24, 2.45) is 0 Å². The molecule has 1 heterocycles. The number of benzene rings is 2. The minimum absolute atomic E-state index is 0.131. The highest BCUT2D eigenvalue weighted by Crippen LogP contribution is 2.13. The molecular formula is C20H23FN4O2. The Morgan fingerprint density at radius 2 is 1.70 bits per heavy atom. The fraction of sp³-hybridized carbons (Fsp3) is 0.300. The van der Waals surface area contributed by atoms with E-state index in [-0.39, 0.29) is 17.8 Å². The van der Waals surface area contributed by atoms with Gasteiger partial charge in [0, 0.05) is 31.9 Å². The predicted molar refractivity (Wildman–Crippen MR) is 102 cm³/mol. The maximum Gasteiger partial charge on any atom is 0.319 e. The minimum Gasteiger partial charge on any atom is -0.336 e. The molecule has 27 heavy (non-hydrogen) atoms. The van der Waals surface area contributed by atoms with Crippen molar-refractivity contribution >= 4 is 17.6 Å². The minimum atomic E-state index is -0.332. The summed E-state index contributed by atoms with van der Waals surface area (Å²) in [5, 5.41) is 5.48. The van der Waals surface area contributed by atoms with Crippen molar-refractivity contribution in [2.75, 3.05) is 32.0 Å². The molecule has 0 unspecified atom stereocenters. The molecule has 0 aromatic heterocycles. The Balaban J connectivity index is 1.47. The third-order valence-electron chi connectivity index (χ3n) is 4.46. The van der Waals surface area contributed by atoms with Gasteiger partial charge in [0.05, 0.1) is 6.54 Å². The number of nitrogens with one attached hydrogen (secondary N) is 2. The number of carbonyl (C=O) groups is 2. The number of halogens is 1. The quantitative estimate of drug-likeness (QED) is 0.850. The summed E-state index contributed by atoms with van der Waals surface area (Å²) in [6.45, 7) is 2.94. The van der Waals surface area contributed by atoms with E-state index in [9.17, 15) is 14.0 Å². The third-order valence-corrected chi connectivity index (χ3v) is 4.46. The van der Waals surface area contributed by atoms with Crippen LogP contribution in [-0.2, 0) is 17.9 Å². The van der Waals surface area contributed by atoms with E-state index in [0.29, 0.717) is 25.3 Å². The smallest absolute Gasteiger partial charge is 0.319 e. The molecule has 0 saturated carbocycles. The predicted octanol–water partition coefficient (Wildman–Crippen LogP) is 2.42. The number of carbonyl (C=O) groups excluding carboxylic acids is 2. The standard InChI is InChI=1S/C20H23FN4O2/c1-24-10-11-25(19(26)14-24)13-16-4-8-18(9-5-16)23-20(27)22-12-15-2-6-17(21)7-3-15/h2-9H,10-14H2,1H3,(H2,22,23,27). The second kappa shape index (κ2) is 8.64. The molecule has 2 aromatic rings. The summed E-state index contributed by atoms with van der Waals surface area (Å²) in [5.74, 6) is -0.173. The van der Waals surface area contributed by atoms with E-state index in [0.717, 1.165) is 24.2 Å². The van der Waals surface area contributed by atoms with E-state index in [1.54, 1.807) is 12.1 Å². The van der Waals surface area contributed by atoms with Crippen LogP contribution in [0, 0.1) is 5.82 Å². The Morgan fingerprint density at radius 3 is 2.37 bits per heavy atom. The molecule has 142 valence electrons. The maximum atomic E-state index is 12.9. The highest BCUT2D eigenvalue weighted by Gasteiger charge is 2.21. The fourth-order valence-electron chi connectivity index (χ4n) is 2.87. The van der Waals surface area contributed by atoms with E-state index in [1.165, 1.54) is 12.1 Å². The molecule has 3 rings (SSSR count). The Labute approximate surface area is 158 Å². The zero-order valence-corrected chi connectivity index (χ0v) is 15.2. The molecule has 1 aliphatic rings. The van der Waals surface area contributed by atoms with Crippen molar-refractivity contribution in [3.63, 3.8) is 0 Å². The van der Waals surface area contributed by atoms with Gasteiger partial charge in [-0.05, 0) is 42.4 Å². The van der Waals surface area contributed by atoms with E-state index in [2.05, 4.69) is 10.6 Å². The molecule has 2 N–H and O–H groups in total. The number of amides is 3. The highest BCUT2D eigenvalue weighted by atomic mass is 19.1. The lowest BCUT2D eigenvalue weighted by Crippen LogP contribution is -2.48. The summed E-state index contributed by atoms with van der Waals surface area (Å²) in [5.41, 5.74) is 2.50. The lowest BCUT2D eigenvalue weighted by Gasteiger charge is -2.32. The van der Waals surface area contributed by atoms with Crippen LogP contribution < -0.4 is 10.6 Å². The highest BCUT2D eigenvalue weighted by molar-refractivity contribution is 5.89. The molecular weight excluding hydrogens is 347 g/mol. The van der Waals surface area contributed by atoms with E-state index in [4.69, 9.17) is 0 Å². The van der Waals surface area contributed by atoms with E-state index in [1.807, 2.05) is 41.1 Å². The van der Waals surface area contributed by atoms with Gasteiger partial charge in [-0.3, -0.25) is 9.69 Å². The second-order valence-corrected chi connectivity index (χ2v) is 6.68. The molecule has 0 spiro atoms. The Bertz CT molecular complexity index is 793. The van der Waals surface area contributed by atoms with Crippen LogP contribution in [0.15, 0.2) is 48.5 Å². The third kappa shape index (κ3) is 5.52. The van der Waals surface area contributed by atoms with Gasteiger partial charge in [-0.25, -0.2) is 9.18 Å². The number of urea groups is 1. The van der Waals surface area contributed by atoms with Gasteiger partial charge in [-0.15, -0.1) is 0 Å². The number of likely N-dealkylation sites (N-methyl/N-ethyl adjacent to an activating group) is 1.